The molecule has 1 aliphatic rings. The van der Waals surface area contributed by atoms with Gasteiger partial charge >= 0.3 is 0 Å². The van der Waals surface area contributed by atoms with E-state index in [2.05, 4.69) is 52.0 Å². The number of aromatic nitrogens is 1. The molecule has 0 unspecified atom stereocenters. The van der Waals surface area contributed by atoms with Gasteiger partial charge in [0.25, 0.3) is 0 Å². The van der Waals surface area contributed by atoms with Crippen LogP contribution in [0.4, 0.5) is 11.5 Å². The first kappa shape index (κ1) is 14.2. The molecule has 1 aromatic heterocycles. The van der Waals surface area contributed by atoms with Crippen molar-refractivity contribution < 1.29 is 0 Å². The Morgan fingerprint density at radius 2 is 1.81 bits per heavy atom. The molecule has 1 saturated heterocycles. The van der Waals surface area contributed by atoms with E-state index in [1.807, 2.05) is 12.3 Å². The highest BCUT2D eigenvalue weighted by Gasteiger charge is 2.20. The Morgan fingerprint density at radius 3 is 2.52 bits per heavy atom. The zero-order chi connectivity index (χ0) is 14.7. The van der Waals surface area contributed by atoms with E-state index in [9.17, 15) is 0 Å². The highest BCUT2D eigenvalue weighted by molar-refractivity contribution is 6.17. The van der Waals surface area contributed by atoms with Crippen LogP contribution in [0.5, 0.6) is 0 Å². The van der Waals surface area contributed by atoms with Crippen molar-refractivity contribution >= 4 is 23.1 Å². The number of pyridine rings is 1. The first-order valence-corrected chi connectivity index (χ1v) is 7.88. The van der Waals surface area contributed by atoms with Crippen LogP contribution in [0.15, 0.2) is 42.6 Å². The van der Waals surface area contributed by atoms with Gasteiger partial charge in [0.05, 0.1) is 5.88 Å². The van der Waals surface area contributed by atoms with E-state index in [1.165, 1.54) is 11.3 Å². The summed E-state index contributed by atoms with van der Waals surface area (Å²) in [4.78, 5) is 9.28. The summed E-state index contributed by atoms with van der Waals surface area (Å²) in [6.45, 7) is 6.13. The summed E-state index contributed by atoms with van der Waals surface area (Å²) in [7, 11) is 0. The maximum absolute atomic E-state index is 6.02. The molecule has 2 aromatic rings. The molecular weight excluding hydrogens is 282 g/mol. The van der Waals surface area contributed by atoms with Crippen LogP contribution < -0.4 is 9.80 Å². The zero-order valence-electron chi connectivity index (χ0n) is 12.3. The van der Waals surface area contributed by atoms with Crippen LogP contribution in [-0.2, 0) is 5.88 Å². The molecule has 110 valence electrons. The molecular formula is C17H20ClN3. The topological polar surface area (TPSA) is 19.4 Å². The lowest BCUT2D eigenvalue weighted by Gasteiger charge is -2.37. The average Bonchev–Trinajstić information content (AvgIpc) is 2.55. The molecule has 0 amide bonds. The number of hydrogen-bond donors (Lipinski definition) is 0. The van der Waals surface area contributed by atoms with Gasteiger partial charge in [-0.15, -0.1) is 11.6 Å². The Balaban J connectivity index is 1.70. The quantitative estimate of drug-likeness (QED) is 0.810. The molecule has 2 heterocycles. The number of benzene rings is 1. The molecule has 1 aliphatic heterocycles. The van der Waals surface area contributed by atoms with Crippen LogP contribution in [0.1, 0.15) is 11.1 Å². The van der Waals surface area contributed by atoms with E-state index in [0.29, 0.717) is 5.88 Å². The van der Waals surface area contributed by atoms with Gasteiger partial charge < -0.3 is 9.80 Å². The second-order valence-electron chi connectivity index (χ2n) is 5.43. The van der Waals surface area contributed by atoms with Gasteiger partial charge in [0.15, 0.2) is 0 Å². The van der Waals surface area contributed by atoms with E-state index in [-0.39, 0.29) is 0 Å². The maximum Gasteiger partial charge on any atom is 0.133 e. The monoisotopic (exact) mass is 301 g/mol. The van der Waals surface area contributed by atoms with Crippen LogP contribution >= 0.6 is 11.6 Å². The van der Waals surface area contributed by atoms with Crippen molar-refractivity contribution in [1.82, 2.24) is 4.98 Å². The molecule has 1 fully saturated rings. The van der Waals surface area contributed by atoms with E-state index < -0.39 is 0 Å². The second kappa shape index (κ2) is 6.35. The molecule has 0 saturated carbocycles. The first-order valence-electron chi connectivity index (χ1n) is 7.34. The number of alkyl halides is 1. The third-order valence-corrected chi connectivity index (χ3v) is 4.25. The Morgan fingerprint density at radius 1 is 1.05 bits per heavy atom. The highest BCUT2D eigenvalue weighted by Crippen LogP contribution is 2.23. The molecule has 3 rings (SSSR count). The Hall–Kier alpha value is -1.74. The predicted octanol–water partition coefficient (Wildman–Crippen LogP) is 3.46. The van der Waals surface area contributed by atoms with E-state index in [4.69, 9.17) is 11.6 Å². The number of rotatable bonds is 3. The van der Waals surface area contributed by atoms with E-state index in [0.717, 1.165) is 37.6 Å². The molecule has 0 radical (unpaired) electrons. The van der Waals surface area contributed by atoms with Crippen molar-refractivity contribution in [3.05, 3.63) is 53.7 Å². The molecule has 0 spiro atoms. The van der Waals surface area contributed by atoms with Crippen molar-refractivity contribution in [3.8, 4) is 0 Å². The molecule has 0 aliphatic carbocycles. The third kappa shape index (κ3) is 3.13. The fourth-order valence-corrected chi connectivity index (χ4v) is 3.03. The standard InChI is InChI=1S/C17H20ClN3/c1-14-4-2-6-16(12-14)20-8-10-21(11-9-20)17-15(13-18)5-3-7-19-17/h2-7,12H,8-11,13H2,1H3. The molecule has 1 aromatic carbocycles. The average molecular weight is 302 g/mol. The van der Waals surface area contributed by atoms with Crippen molar-refractivity contribution in [3.63, 3.8) is 0 Å². The Labute approximate surface area is 131 Å². The number of halogens is 1. The van der Waals surface area contributed by atoms with Crippen molar-refractivity contribution in [2.45, 2.75) is 12.8 Å². The first-order chi connectivity index (χ1) is 10.3. The third-order valence-electron chi connectivity index (χ3n) is 3.96. The minimum absolute atomic E-state index is 0.515. The molecule has 0 bridgehead atoms. The molecule has 4 heteroatoms. The number of hydrogen-bond acceptors (Lipinski definition) is 3. The lowest BCUT2D eigenvalue weighted by atomic mass is 10.2. The lowest BCUT2D eigenvalue weighted by Crippen LogP contribution is -2.47. The number of piperazine rings is 1. The van der Waals surface area contributed by atoms with Gasteiger partial charge in [-0.25, -0.2) is 4.98 Å². The predicted molar refractivity (Wildman–Crippen MR) is 89.4 cm³/mol. The summed E-state index contributed by atoms with van der Waals surface area (Å²) in [5.74, 6) is 1.55. The summed E-state index contributed by atoms with van der Waals surface area (Å²) in [6.07, 6.45) is 1.85. The summed E-state index contributed by atoms with van der Waals surface area (Å²) < 4.78 is 0. The molecule has 3 nitrogen and oxygen atoms in total. The van der Waals surface area contributed by atoms with Crippen LogP contribution in [0, 0.1) is 6.92 Å². The number of anilines is 2. The van der Waals surface area contributed by atoms with Gasteiger partial charge in [-0.2, -0.15) is 0 Å². The fraction of sp³-hybridized carbons (Fsp3) is 0.353. The van der Waals surface area contributed by atoms with Crippen molar-refractivity contribution in [2.75, 3.05) is 36.0 Å². The minimum atomic E-state index is 0.515. The Bertz CT molecular complexity index is 606. The molecule has 0 atom stereocenters. The van der Waals surface area contributed by atoms with E-state index >= 15 is 0 Å². The van der Waals surface area contributed by atoms with Crippen molar-refractivity contribution in [2.24, 2.45) is 0 Å². The maximum atomic E-state index is 6.02. The number of aryl methyl sites for hydroxylation is 1. The van der Waals surface area contributed by atoms with Crippen LogP contribution in [0.2, 0.25) is 0 Å². The van der Waals surface area contributed by atoms with Crippen LogP contribution in [-0.4, -0.2) is 31.2 Å². The van der Waals surface area contributed by atoms with E-state index in [1.54, 1.807) is 0 Å². The van der Waals surface area contributed by atoms with Gasteiger partial charge in [-0.1, -0.05) is 18.2 Å². The van der Waals surface area contributed by atoms with Gasteiger partial charge in [0, 0.05) is 43.6 Å². The summed E-state index contributed by atoms with van der Waals surface area (Å²) in [5, 5.41) is 0. The second-order valence-corrected chi connectivity index (χ2v) is 5.70. The molecule has 21 heavy (non-hydrogen) atoms. The fourth-order valence-electron chi connectivity index (χ4n) is 2.82. The highest BCUT2D eigenvalue weighted by atomic mass is 35.5. The van der Waals surface area contributed by atoms with Gasteiger partial charge in [0.1, 0.15) is 5.82 Å². The normalized spacial score (nSPS) is 15.3. The van der Waals surface area contributed by atoms with Crippen LogP contribution in [0.25, 0.3) is 0 Å². The SMILES string of the molecule is Cc1cccc(N2CCN(c3ncccc3CCl)CC2)c1. The summed E-state index contributed by atoms with van der Waals surface area (Å²) in [5.41, 5.74) is 3.74. The largest absolute Gasteiger partial charge is 0.368 e. The summed E-state index contributed by atoms with van der Waals surface area (Å²) >= 11 is 6.02. The number of nitrogens with zero attached hydrogens (tertiary/aromatic N) is 3. The lowest BCUT2D eigenvalue weighted by molar-refractivity contribution is 0.645. The Kier molecular flexibility index (Phi) is 4.30. The smallest absolute Gasteiger partial charge is 0.133 e. The van der Waals surface area contributed by atoms with Gasteiger partial charge in [-0.3, -0.25) is 0 Å². The van der Waals surface area contributed by atoms with Crippen molar-refractivity contribution in [1.29, 1.82) is 0 Å². The van der Waals surface area contributed by atoms with Gasteiger partial charge in [0.2, 0.25) is 0 Å². The van der Waals surface area contributed by atoms with Crippen LogP contribution in [0.3, 0.4) is 0 Å². The van der Waals surface area contributed by atoms with Gasteiger partial charge in [-0.05, 0) is 30.7 Å². The minimum Gasteiger partial charge on any atom is -0.368 e. The summed E-state index contributed by atoms with van der Waals surface area (Å²) in [6, 6.07) is 12.7. The zero-order valence-corrected chi connectivity index (χ0v) is 13.1. The molecule has 0 N–H and O–H groups in total.